The van der Waals surface area contributed by atoms with Gasteiger partial charge in [-0.15, -0.1) is 0 Å². The minimum atomic E-state index is -0.711. The number of hydrogen-bond donors (Lipinski definition) is 2. The second kappa shape index (κ2) is 9.22. The molecule has 0 bridgehead atoms. The van der Waals surface area contributed by atoms with Gasteiger partial charge in [0.1, 0.15) is 11.6 Å². The molecular weight excluding hydrogens is 383 g/mol. The molecule has 3 rings (SSSR count). The smallest absolute Gasteiger partial charge is 0.295 e. The van der Waals surface area contributed by atoms with Crippen LogP contribution in [0.5, 0.6) is 0 Å². The van der Waals surface area contributed by atoms with Crippen molar-refractivity contribution in [3.05, 3.63) is 76.6 Å². The SMILES string of the molecule is CC[NH+](CC)CCN1C(=O)C(=O)C(=C(O)c2ccc(F)cc2)[C@H]1c1ccc(C)cc1. The van der Waals surface area contributed by atoms with Crippen LogP contribution in [-0.2, 0) is 9.59 Å². The van der Waals surface area contributed by atoms with Crippen LogP contribution in [0.4, 0.5) is 4.39 Å². The summed E-state index contributed by atoms with van der Waals surface area (Å²) in [6.45, 7) is 9.08. The molecule has 0 spiro atoms. The molecule has 1 aliphatic heterocycles. The Hall–Kier alpha value is -2.99. The van der Waals surface area contributed by atoms with Gasteiger partial charge in [0.25, 0.3) is 11.7 Å². The summed E-state index contributed by atoms with van der Waals surface area (Å²) in [4.78, 5) is 28.7. The summed E-state index contributed by atoms with van der Waals surface area (Å²) in [6.07, 6.45) is 0. The number of aliphatic hydroxyl groups is 1. The van der Waals surface area contributed by atoms with E-state index in [1.165, 1.54) is 29.2 Å². The van der Waals surface area contributed by atoms with Gasteiger partial charge in [-0.25, -0.2) is 4.39 Å². The summed E-state index contributed by atoms with van der Waals surface area (Å²) in [5.74, 6) is -2.05. The number of amides is 1. The van der Waals surface area contributed by atoms with E-state index in [2.05, 4.69) is 13.8 Å². The molecule has 1 saturated heterocycles. The van der Waals surface area contributed by atoms with E-state index in [1.807, 2.05) is 31.2 Å². The van der Waals surface area contributed by atoms with E-state index in [4.69, 9.17) is 0 Å². The average Bonchev–Trinajstić information content (AvgIpc) is 3.00. The molecule has 0 radical (unpaired) electrons. The molecule has 2 aromatic rings. The monoisotopic (exact) mass is 411 g/mol. The fourth-order valence-corrected chi connectivity index (χ4v) is 3.85. The van der Waals surface area contributed by atoms with Gasteiger partial charge in [0.15, 0.2) is 0 Å². The van der Waals surface area contributed by atoms with E-state index in [1.54, 1.807) is 4.90 Å². The second-order valence-electron chi connectivity index (χ2n) is 7.62. The number of hydrogen-bond acceptors (Lipinski definition) is 3. The fourth-order valence-electron chi connectivity index (χ4n) is 3.85. The molecule has 1 aliphatic rings. The number of rotatable bonds is 7. The molecule has 30 heavy (non-hydrogen) atoms. The number of Topliss-reactive ketones (excluding diaryl/α,β-unsaturated/α-hetero) is 1. The quantitative estimate of drug-likeness (QED) is 0.418. The van der Waals surface area contributed by atoms with E-state index in [0.29, 0.717) is 18.7 Å². The molecule has 0 unspecified atom stereocenters. The van der Waals surface area contributed by atoms with Crippen molar-refractivity contribution in [3.63, 3.8) is 0 Å². The fraction of sp³-hybridized carbons (Fsp3) is 0.333. The number of benzene rings is 2. The van der Waals surface area contributed by atoms with Crippen molar-refractivity contribution in [2.45, 2.75) is 26.8 Å². The van der Waals surface area contributed by atoms with E-state index in [9.17, 15) is 19.1 Å². The van der Waals surface area contributed by atoms with Crippen LogP contribution in [0.2, 0.25) is 0 Å². The molecule has 0 saturated carbocycles. The lowest BCUT2D eigenvalue weighted by Crippen LogP contribution is -3.12. The van der Waals surface area contributed by atoms with E-state index in [0.717, 1.165) is 24.2 Å². The Labute approximate surface area is 176 Å². The number of carbonyl (C=O) groups excluding carboxylic acids is 2. The highest BCUT2D eigenvalue weighted by Gasteiger charge is 2.46. The summed E-state index contributed by atoms with van der Waals surface area (Å²) in [5, 5.41) is 10.9. The first-order chi connectivity index (χ1) is 14.4. The molecule has 1 fully saturated rings. The van der Waals surface area contributed by atoms with Crippen molar-refractivity contribution in [1.29, 1.82) is 0 Å². The van der Waals surface area contributed by atoms with Crippen molar-refractivity contribution in [1.82, 2.24) is 4.90 Å². The van der Waals surface area contributed by atoms with Gasteiger partial charge in [0.2, 0.25) is 0 Å². The van der Waals surface area contributed by atoms with Crippen LogP contribution in [0.1, 0.15) is 36.6 Å². The Kier molecular flexibility index (Phi) is 6.67. The number of likely N-dealkylation sites (N-methyl/N-ethyl adjacent to an activating group) is 1. The predicted octanol–water partition coefficient (Wildman–Crippen LogP) is 2.48. The molecule has 0 aliphatic carbocycles. The standard InChI is InChI=1S/C24H27FN2O3/c1-4-26(5-2)14-15-27-21(17-8-6-16(3)7-9-17)20(23(29)24(27)30)22(28)18-10-12-19(25)13-11-18/h6-13,21,28H,4-5,14-15H2,1-3H3/p+1/t21-/m1/s1. The highest BCUT2D eigenvalue weighted by Crippen LogP contribution is 2.39. The lowest BCUT2D eigenvalue weighted by Gasteiger charge is -2.27. The van der Waals surface area contributed by atoms with Crippen molar-refractivity contribution < 1.29 is 24.0 Å². The third-order valence-corrected chi connectivity index (χ3v) is 5.76. The summed E-state index contributed by atoms with van der Waals surface area (Å²) in [6, 6.07) is 12.2. The maximum absolute atomic E-state index is 13.3. The zero-order chi connectivity index (χ0) is 21.8. The summed E-state index contributed by atoms with van der Waals surface area (Å²) in [7, 11) is 0. The first kappa shape index (κ1) is 21.7. The topological polar surface area (TPSA) is 62.0 Å². The molecule has 0 aromatic heterocycles. The molecule has 2 aromatic carbocycles. The molecule has 6 heteroatoms. The molecule has 1 atom stereocenters. The molecule has 1 amide bonds. The minimum Gasteiger partial charge on any atom is -0.507 e. The number of halogens is 1. The number of likely N-dealkylation sites (tertiary alicyclic amines) is 1. The summed E-state index contributed by atoms with van der Waals surface area (Å²) < 4.78 is 13.3. The van der Waals surface area contributed by atoms with E-state index >= 15 is 0 Å². The third kappa shape index (κ3) is 4.28. The number of aryl methyl sites for hydroxylation is 1. The van der Waals surface area contributed by atoms with Crippen molar-refractivity contribution in [3.8, 4) is 0 Å². The highest BCUT2D eigenvalue weighted by molar-refractivity contribution is 6.46. The van der Waals surface area contributed by atoms with Crippen LogP contribution < -0.4 is 4.90 Å². The zero-order valence-corrected chi connectivity index (χ0v) is 17.6. The number of carbonyl (C=O) groups is 2. The van der Waals surface area contributed by atoms with Crippen LogP contribution in [0.25, 0.3) is 5.76 Å². The minimum absolute atomic E-state index is 0.0463. The predicted molar refractivity (Wildman–Crippen MR) is 114 cm³/mol. The Morgan fingerprint density at radius 2 is 1.63 bits per heavy atom. The molecule has 158 valence electrons. The van der Waals surface area contributed by atoms with Gasteiger partial charge in [0, 0.05) is 5.56 Å². The average molecular weight is 411 g/mol. The molecule has 5 nitrogen and oxygen atoms in total. The van der Waals surface area contributed by atoms with E-state index < -0.39 is 23.5 Å². The van der Waals surface area contributed by atoms with Gasteiger partial charge in [-0.05, 0) is 50.6 Å². The Morgan fingerprint density at radius 3 is 2.20 bits per heavy atom. The van der Waals surface area contributed by atoms with E-state index in [-0.39, 0.29) is 11.3 Å². The van der Waals surface area contributed by atoms with Gasteiger partial charge in [-0.1, -0.05) is 29.8 Å². The Balaban J connectivity index is 2.08. The lowest BCUT2D eigenvalue weighted by molar-refractivity contribution is -0.895. The van der Waals surface area contributed by atoms with Crippen molar-refractivity contribution in [2.75, 3.05) is 26.2 Å². The summed E-state index contributed by atoms with van der Waals surface area (Å²) in [5.41, 5.74) is 2.17. The first-order valence-electron chi connectivity index (χ1n) is 10.3. The maximum atomic E-state index is 13.3. The highest BCUT2D eigenvalue weighted by atomic mass is 19.1. The van der Waals surface area contributed by atoms with Crippen LogP contribution in [0.3, 0.4) is 0 Å². The van der Waals surface area contributed by atoms with Gasteiger partial charge in [-0.3, -0.25) is 9.59 Å². The Bertz CT molecular complexity index is 947. The van der Waals surface area contributed by atoms with Crippen molar-refractivity contribution >= 4 is 17.4 Å². The number of ketones is 1. The van der Waals surface area contributed by atoms with Gasteiger partial charge >= 0.3 is 0 Å². The van der Waals surface area contributed by atoms with Crippen LogP contribution >= 0.6 is 0 Å². The zero-order valence-electron chi connectivity index (χ0n) is 17.6. The number of quaternary nitrogens is 1. The van der Waals surface area contributed by atoms with Gasteiger partial charge in [0.05, 0.1) is 37.8 Å². The molecular formula is C24H28FN2O3+. The number of nitrogens with one attached hydrogen (secondary N) is 1. The van der Waals surface area contributed by atoms with Gasteiger partial charge in [-0.2, -0.15) is 0 Å². The maximum Gasteiger partial charge on any atom is 0.295 e. The largest absolute Gasteiger partial charge is 0.507 e. The molecule has 2 N–H and O–H groups in total. The van der Waals surface area contributed by atoms with Crippen LogP contribution in [0, 0.1) is 12.7 Å². The van der Waals surface area contributed by atoms with Gasteiger partial charge < -0.3 is 14.9 Å². The summed E-state index contributed by atoms with van der Waals surface area (Å²) >= 11 is 0. The Morgan fingerprint density at radius 1 is 1.03 bits per heavy atom. The third-order valence-electron chi connectivity index (χ3n) is 5.76. The van der Waals surface area contributed by atoms with Crippen molar-refractivity contribution in [2.24, 2.45) is 0 Å². The molecule has 1 heterocycles. The first-order valence-corrected chi connectivity index (χ1v) is 10.3. The number of nitrogens with zero attached hydrogens (tertiary/aromatic N) is 1. The normalized spacial score (nSPS) is 18.4. The van der Waals surface area contributed by atoms with Crippen LogP contribution in [0.15, 0.2) is 54.1 Å². The van der Waals surface area contributed by atoms with Crippen LogP contribution in [-0.4, -0.2) is 47.9 Å². The second-order valence-corrected chi connectivity index (χ2v) is 7.62. The lowest BCUT2D eigenvalue weighted by atomic mass is 9.94. The number of aliphatic hydroxyl groups excluding tert-OH is 1.